The number of aromatic nitrogens is 2. The van der Waals surface area contributed by atoms with Crippen molar-refractivity contribution in [3.8, 4) is 0 Å². The molecule has 0 radical (unpaired) electrons. The Morgan fingerprint density at radius 2 is 1.83 bits per heavy atom. The number of nitrogens with zero attached hydrogens (tertiary/aromatic N) is 2. The number of nitrogens with one attached hydrogen (secondary N) is 2. The van der Waals surface area contributed by atoms with Gasteiger partial charge in [0.15, 0.2) is 0 Å². The molecule has 2 heterocycles. The fourth-order valence-corrected chi connectivity index (χ4v) is 4.09. The second-order valence-electron chi connectivity index (χ2n) is 9.06. The average molecular weight is 483 g/mol. The van der Waals surface area contributed by atoms with E-state index >= 15 is 0 Å². The molecule has 192 valence electrons. The van der Waals surface area contributed by atoms with Crippen LogP contribution >= 0.6 is 0 Å². The first-order valence-corrected chi connectivity index (χ1v) is 12.9. The van der Waals surface area contributed by atoms with Crippen LogP contribution in [0, 0.1) is 13.8 Å². The lowest BCUT2D eigenvalue weighted by Gasteiger charge is -2.33. The number of halogens is 1. The third-order valence-electron chi connectivity index (χ3n) is 6.49. The number of imidazole rings is 1. The van der Waals surface area contributed by atoms with E-state index in [4.69, 9.17) is 0 Å². The zero-order valence-electron chi connectivity index (χ0n) is 22.3. The molecule has 1 fully saturated rings. The van der Waals surface area contributed by atoms with Crippen molar-refractivity contribution >= 4 is 11.4 Å². The number of hydrogen-bond donors (Lipinski definition) is 2. The van der Waals surface area contributed by atoms with Crippen LogP contribution in [0.5, 0.6) is 0 Å². The van der Waals surface area contributed by atoms with Crippen LogP contribution in [-0.2, 0) is 17.9 Å². The summed E-state index contributed by atoms with van der Waals surface area (Å²) in [5.74, 6) is 0.255. The number of rotatable bonds is 7. The fourth-order valence-electron chi connectivity index (χ4n) is 4.09. The number of ketones is 1. The number of alkyl halides is 1. The zero-order valence-corrected chi connectivity index (χ0v) is 22.3. The van der Waals surface area contributed by atoms with Crippen molar-refractivity contribution in [1.29, 1.82) is 0 Å². The summed E-state index contributed by atoms with van der Waals surface area (Å²) in [5, 5.41) is 6.97. The highest BCUT2D eigenvalue weighted by molar-refractivity contribution is 5.74. The Morgan fingerprint density at radius 3 is 2.49 bits per heavy atom. The first-order chi connectivity index (χ1) is 16.9. The predicted octanol–water partition coefficient (Wildman–Crippen LogP) is 6.10. The van der Waals surface area contributed by atoms with E-state index in [0.29, 0.717) is 12.8 Å². The predicted molar refractivity (Wildman–Crippen MR) is 143 cm³/mol. The molecule has 0 amide bonds. The van der Waals surface area contributed by atoms with Gasteiger partial charge in [-0.2, -0.15) is 0 Å². The van der Waals surface area contributed by atoms with Crippen LogP contribution in [0.15, 0.2) is 48.9 Å². The van der Waals surface area contributed by atoms with Gasteiger partial charge in [0, 0.05) is 55.7 Å². The molecule has 1 aliphatic carbocycles. The topological polar surface area (TPSA) is 58.4 Å². The van der Waals surface area contributed by atoms with Crippen LogP contribution in [0.3, 0.4) is 0 Å². The van der Waals surface area contributed by atoms with Crippen LogP contribution < -0.4 is 10.6 Å². The minimum Gasteiger partial charge on any atom is -0.310 e. The summed E-state index contributed by atoms with van der Waals surface area (Å²) in [6.45, 7) is 13.1. The molecule has 0 unspecified atom stereocenters. The minimum absolute atomic E-state index is 0.0598. The highest BCUT2D eigenvalue weighted by atomic mass is 19.1. The zero-order chi connectivity index (χ0) is 25.8. The van der Waals surface area contributed by atoms with Crippen molar-refractivity contribution in [2.75, 3.05) is 0 Å². The van der Waals surface area contributed by atoms with Crippen molar-refractivity contribution in [3.63, 3.8) is 0 Å². The second kappa shape index (κ2) is 14.7. The van der Waals surface area contributed by atoms with Gasteiger partial charge < -0.3 is 19.8 Å². The van der Waals surface area contributed by atoms with E-state index < -0.39 is 6.17 Å². The maximum atomic E-state index is 14.8. The van der Waals surface area contributed by atoms with E-state index in [9.17, 15) is 9.18 Å². The summed E-state index contributed by atoms with van der Waals surface area (Å²) < 4.78 is 16.8. The Kier molecular flexibility index (Phi) is 12.1. The number of carbonyl (C=O) groups is 1. The van der Waals surface area contributed by atoms with Crippen molar-refractivity contribution in [3.05, 3.63) is 71.2 Å². The summed E-state index contributed by atoms with van der Waals surface area (Å²) in [6, 6.07) is 10.7. The standard InChI is InChI=1S/C23H29FN4.C4H8O.C2H6/c1-16-5-6-18(12-17(16)2)14-27-22-8-7-20(13-21(22)24)26-15-19-4-3-10-28-11-9-25-23(19)28;1-3-4(2)5;1-2/h3-6,9-12,20-22,26-27H,7-8,13-15H2,1-2H3;3H2,1-2H3;1-2H3/t20-,21+,22-;;/m1../s1. The van der Waals surface area contributed by atoms with Gasteiger partial charge >= 0.3 is 0 Å². The van der Waals surface area contributed by atoms with Gasteiger partial charge in [0.2, 0.25) is 0 Å². The molecule has 0 aliphatic heterocycles. The molecule has 5 nitrogen and oxygen atoms in total. The van der Waals surface area contributed by atoms with Crippen LogP contribution in [0.4, 0.5) is 4.39 Å². The molecule has 2 aromatic heterocycles. The molecule has 6 heteroatoms. The first-order valence-electron chi connectivity index (χ1n) is 12.9. The normalized spacial score (nSPS) is 19.3. The molecule has 0 saturated heterocycles. The lowest BCUT2D eigenvalue weighted by Crippen LogP contribution is -2.46. The van der Waals surface area contributed by atoms with Gasteiger partial charge in [-0.3, -0.25) is 0 Å². The summed E-state index contributed by atoms with van der Waals surface area (Å²) in [5.41, 5.74) is 5.93. The van der Waals surface area contributed by atoms with Crippen molar-refractivity contribution in [1.82, 2.24) is 20.0 Å². The molecule has 0 spiro atoms. The first kappa shape index (κ1) is 28.7. The Hall–Kier alpha value is -2.57. The minimum atomic E-state index is -0.819. The van der Waals surface area contributed by atoms with Crippen LogP contribution in [0.1, 0.15) is 75.6 Å². The molecule has 1 aliphatic rings. The van der Waals surface area contributed by atoms with E-state index in [0.717, 1.165) is 37.1 Å². The van der Waals surface area contributed by atoms with Crippen LogP contribution in [-0.4, -0.2) is 33.4 Å². The molecule has 3 atom stereocenters. The van der Waals surface area contributed by atoms with E-state index in [-0.39, 0.29) is 17.9 Å². The van der Waals surface area contributed by atoms with Gasteiger partial charge in [0.25, 0.3) is 0 Å². The third-order valence-corrected chi connectivity index (χ3v) is 6.49. The van der Waals surface area contributed by atoms with Crippen molar-refractivity contribution in [2.45, 2.75) is 98.6 Å². The lowest BCUT2D eigenvalue weighted by molar-refractivity contribution is -0.116. The largest absolute Gasteiger partial charge is 0.310 e. The highest BCUT2D eigenvalue weighted by Crippen LogP contribution is 2.23. The number of Topliss-reactive ketones (excluding diaryl/α,β-unsaturated/α-hetero) is 1. The summed E-state index contributed by atoms with van der Waals surface area (Å²) in [4.78, 5) is 14.2. The van der Waals surface area contributed by atoms with Crippen LogP contribution in [0.2, 0.25) is 0 Å². The summed E-state index contributed by atoms with van der Waals surface area (Å²) in [7, 11) is 0. The number of fused-ring (bicyclic) bond motifs is 1. The maximum Gasteiger partial charge on any atom is 0.141 e. The smallest absolute Gasteiger partial charge is 0.141 e. The number of pyridine rings is 1. The number of carbonyl (C=O) groups excluding carboxylic acids is 1. The van der Waals surface area contributed by atoms with Crippen molar-refractivity contribution < 1.29 is 9.18 Å². The summed E-state index contributed by atoms with van der Waals surface area (Å²) >= 11 is 0. The number of hydrogen-bond acceptors (Lipinski definition) is 4. The average Bonchev–Trinajstić information content (AvgIpc) is 3.35. The van der Waals surface area contributed by atoms with Crippen LogP contribution in [0.25, 0.3) is 5.65 Å². The molecule has 2 N–H and O–H groups in total. The second-order valence-corrected chi connectivity index (χ2v) is 9.06. The molecule has 3 aromatic rings. The van der Waals surface area contributed by atoms with E-state index in [1.165, 1.54) is 16.7 Å². The molecule has 1 saturated carbocycles. The Labute approximate surface area is 210 Å². The molecule has 1 aromatic carbocycles. The quantitative estimate of drug-likeness (QED) is 0.427. The van der Waals surface area contributed by atoms with Gasteiger partial charge in [-0.05, 0) is 62.8 Å². The SMILES string of the molecule is CC.CCC(C)=O.Cc1ccc(CN[C@@H]2CC[C@@H](NCc3cccn4ccnc34)C[C@@H]2F)cc1C. The van der Waals surface area contributed by atoms with Crippen molar-refractivity contribution in [2.24, 2.45) is 0 Å². The molecule has 0 bridgehead atoms. The highest BCUT2D eigenvalue weighted by Gasteiger charge is 2.30. The fraction of sp³-hybridized carbons (Fsp3) is 0.517. The maximum absolute atomic E-state index is 14.8. The monoisotopic (exact) mass is 482 g/mol. The lowest BCUT2D eigenvalue weighted by atomic mass is 9.89. The molecular formula is C29H43FN4O. The Bertz CT molecular complexity index is 1050. The van der Waals surface area contributed by atoms with Gasteiger partial charge in [-0.25, -0.2) is 9.37 Å². The van der Waals surface area contributed by atoms with Gasteiger partial charge in [0.05, 0.1) is 0 Å². The van der Waals surface area contributed by atoms with E-state index in [1.54, 1.807) is 6.92 Å². The number of aryl methyl sites for hydroxylation is 2. The Morgan fingerprint density at radius 1 is 1.09 bits per heavy atom. The number of benzene rings is 1. The third kappa shape index (κ3) is 8.86. The molecular weight excluding hydrogens is 439 g/mol. The van der Waals surface area contributed by atoms with E-state index in [2.05, 4.69) is 53.7 Å². The molecule has 35 heavy (non-hydrogen) atoms. The van der Waals surface area contributed by atoms with E-state index in [1.807, 2.05) is 49.8 Å². The molecule has 4 rings (SSSR count). The Balaban J connectivity index is 0.000000551. The van der Waals surface area contributed by atoms with Gasteiger partial charge in [0.1, 0.15) is 17.6 Å². The van der Waals surface area contributed by atoms with Gasteiger partial charge in [-0.15, -0.1) is 0 Å². The summed E-state index contributed by atoms with van der Waals surface area (Å²) in [6.07, 6.45) is 8.00. The van der Waals surface area contributed by atoms with Gasteiger partial charge in [-0.1, -0.05) is 45.0 Å².